The van der Waals surface area contributed by atoms with Gasteiger partial charge in [-0.2, -0.15) is 0 Å². The average molecular weight is 285 g/mol. The van der Waals surface area contributed by atoms with Crippen LogP contribution in [-0.4, -0.2) is 39.6 Å². The SMILES string of the molecule is Cc1cn([C@@H]2C[C@@H](O)[C@H](COC(N)=O)O2)c(=O)[nH]c1=O. The lowest BCUT2D eigenvalue weighted by molar-refractivity contribution is -0.0480. The largest absolute Gasteiger partial charge is 0.447 e. The Balaban J connectivity index is 2.16. The summed E-state index contributed by atoms with van der Waals surface area (Å²) in [6, 6.07) is 0. The lowest BCUT2D eigenvalue weighted by Crippen LogP contribution is -2.33. The smallest absolute Gasteiger partial charge is 0.404 e. The molecule has 0 radical (unpaired) electrons. The molecule has 1 aromatic rings. The van der Waals surface area contributed by atoms with E-state index in [1.165, 1.54) is 10.8 Å². The number of amides is 1. The molecule has 2 rings (SSSR count). The van der Waals surface area contributed by atoms with E-state index in [-0.39, 0.29) is 13.0 Å². The summed E-state index contributed by atoms with van der Waals surface area (Å²) in [6.07, 6.45) is -1.89. The van der Waals surface area contributed by atoms with Gasteiger partial charge in [0.1, 0.15) is 18.9 Å². The molecule has 1 amide bonds. The first-order chi connectivity index (χ1) is 9.38. The third kappa shape index (κ3) is 2.89. The Morgan fingerprint density at radius 2 is 2.35 bits per heavy atom. The molecule has 1 fully saturated rings. The van der Waals surface area contributed by atoms with Crippen molar-refractivity contribution in [2.45, 2.75) is 31.8 Å². The van der Waals surface area contributed by atoms with Crippen molar-refractivity contribution in [1.29, 1.82) is 0 Å². The van der Waals surface area contributed by atoms with Gasteiger partial charge in [0.15, 0.2) is 0 Å². The van der Waals surface area contributed by atoms with Crippen molar-refractivity contribution >= 4 is 6.09 Å². The van der Waals surface area contributed by atoms with Gasteiger partial charge in [0, 0.05) is 18.2 Å². The Kier molecular flexibility index (Phi) is 3.91. The molecule has 0 unspecified atom stereocenters. The van der Waals surface area contributed by atoms with Crippen molar-refractivity contribution in [3.8, 4) is 0 Å². The van der Waals surface area contributed by atoms with Crippen molar-refractivity contribution in [1.82, 2.24) is 9.55 Å². The van der Waals surface area contributed by atoms with E-state index in [1.54, 1.807) is 6.92 Å². The molecule has 9 heteroatoms. The van der Waals surface area contributed by atoms with Gasteiger partial charge in [-0.1, -0.05) is 0 Å². The number of carbonyl (C=O) groups excluding carboxylic acids is 1. The van der Waals surface area contributed by atoms with Crippen LogP contribution in [0.15, 0.2) is 15.8 Å². The number of nitrogens with zero attached hydrogens (tertiary/aromatic N) is 1. The number of aromatic nitrogens is 2. The van der Waals surface area contributed by atoms with Crippen LogP contribution >= 0.6 is 0 Å². The number of primary amides is 1. The van der Waals surface area contributed by atoms with E-state index in [0.717, 1.165) is 0 Å². The minimum Gasteiger partial charge on any atom is -0.447 e. The predicted octanol–water partition coefficient (Wildman–Crippen LogP) is -1.41. The topological polar surface area (TPSA) is 137 Å². The third-order valence-electron chi connectivity index (χ3n) is 3.05. The molecule has 3 atom stereocenters. The number of nitrogens with two attached hydrogens (primary N) is 1. The minimum atomic E-state index is -0.971. The van der Waals surface area contributed by atoms with Crippen LogP contribution < -0.4 is 17.0 Å². The van der Waals surface area contributed by atoms with Gasteiger partial charge < -0.3 is 20.3 Å². The summed E-state index contributed by atoms with van der Waals surface area (Å²) in [7, 11) is 0. The zero-order valence-corrected chi connectivity index (χ0v) is 10.7. The standard InChI is InChI=1S/C11H15N3O6/c1-5-3-14(11(18)13-9(5)16)8-2-6(15)7(20-8)4-19-10(12)17/h3,6-8,15H,2,4H2,1H3,(H2,12,17)(H,13,16,18)/t6-,7+,8+/m1/s1. The number of hydrogen-bond acceptors (Lipinski definition) is 6. The van der Waals surface area contributed by atoms with Gasteiger partial charge in [-0.25, -0.2) is 9.59 Å². The highest BCUT2D eigenvalue weighted by Gasteiger charge is 2.36. The number of aromatic amines is 1. The Bertz CT molecular complexity index is 621. The van der Waals surface area contributed by atoms with E-state index in [1.807, 2.05) is 0 Å². The molecule has 0 saturated carbocycles. The summed E-state index contributed by atoms with van der Waals surface area (Å²) in [5.74, 6) is 0. The summed E-state index contributed by atoms with van der Waals surface area (Å²) in [6.45, 7) is 1.35. The highest BCUT2D eigenvalue weighted by Crippen LogP contribution is 2.27. The van der Waals surface area contributed by atoms with E-state index in [2.05, 4.69) is 9.72 Å². The molecule has 1 aliphatic rings. The van der Waals surface area contributed by atoms with Crippen LogP contribution in [0.25, 0.3) is 0 Å². The van der Waals surface area contributed by atoms with Crippen molar-refractivity contribution in [3.05, 3.63) is 32.6 Å². The first-order valence-electron chi connectivity index (χ1n) is 5.96. The molecule has 2 heterocycles. The molecule has 1 saturated heterocycles. The van der Waals surface area contributed by atoms with Gasteiger partial charge in [0.05, 0.1) is 6.10 Å². The second-order valence-corrected chi connectivity index (χ2v) is 4.54. The predicted molar refractivity (Wildman–Crippen MR) is 66.1 cm³/mol. The molecule has 4 N–H and O–H groups in total. The zero-order valence-electron chi connectivity index (χ0n) is 10.7. The number of ether oxygens (including phenoxy) is 2. The zero-order chi connectivity index (χ0) is 14.9. The first-order valence-corrected chi connectivity index (χ1v) is 5.96. The number of aliphatic hydroxyl groups excluding tert-OH is 1. The fourth-order valence-electron chi connectivity index (χ4n) is 2.00. The highest BCUT2D eigenvalue weighted by atomic mass is 16.6. The molecular weight excluding hydrogens is 270 g/mol. The van der Waals surface area contributed by atoms with Gasteiger partial charge in [-0.05, 0) is 6.92 Å². The van der Waals surface area contributed by atoms with Gasteiger partial charge in [-0.3, -0.25) is 14.3 Å². The fraction of sp³-hybridized carbons (Fsp3) is 0.545. The number of rotatable bonds is 3. The van der Waals surface area contributed by atoms with Crippen LogP contribution in [0.3, 0.4) is 0 Å². The Morgan fingerprint density at radius 3 is 3.00 bits per heavy atom. The van der Waals surface area contributed by atoms with E-state index < -0.39 is 35.8 Å². The molecule has 0 aliphatic carbocycles. The van der Waals surface area contributed by atoms with Crippen LogP contribution in [0.5, 0.6) is 0 Å². The Hall–Kier alpha value is -2.13. The molecular formula is C11H15N3O6. The molecule has 9 nitrogen and oxygen atoms in total. The van der Waals surface area contributed by atoms with Crippen LogP contribution in [0, 0.1) is 6.92 Å². The second kappa shape index (κ2) is 5.47. The van der Waals surface area contributed by atoms with Crippen molar-refractivity contribution in [2.24, 2.45) is 5.73 Å². The maximum atomic E-state index is 11.7. The molecule has 0 spiro atoms. The van der Waals surface area contributed by atoms with Gasteiger partial charge in [-0.15, -0.1) is 0 Å². The van der Waals surface area contributed by atoms with Gasteiger partial charge >= 0.3 is 11.8 Å². The van der Waals surface area contributed by atoms with Crippen LogP contribution in [-0.2, 0) is 9.47 Å². The molecule has 1 aromatic heterocycles. The minimum absolute atomic E-state index is 0.137. The molecule has 0 bridgehead atoms. The number of aryl methyl sites for hydroxylation is 1. The van der Waals surface area contributed by atoms with Crippen molar-refractivity contribution < 1.29 is 19.4 Å². The monoisotopic (exact) mass is 285 g/mol. The number of carbonyl (C=O) groups is 1. The average Bonchev–Trinajstić information content (AvgIpc) is 2.72. The van der Waals surface area contributed by atoms with Crippen LogP contribution in [0.2, 0.25) is 0 Å². The lowest BCUT2D eigenvalue weighted by atomic mass is 10.2. The summed E-state index contributed by atoms with van der Waals surface area (Å²) in [5.41, 5.74) is 4.07. The number of aliphatic hydroxyl groups is 1. The van der Waals surface area contributed by atoms with E-state index in [4.69, 9.17) is 10.5 Å². The van der Waals surface area contributed by atoms with Gasteiger partial charge in [0.2, 0.25) is 0 Å². The lowest BCUT2D eigenvalue weighted by Gasteiger charge is -2.15. The quantitative estimate of drug-likeness (QED) is 0.624. The summed E-state index contributed by atoms with van der Waals surface area (Å²) >= 11 is 0. The highest BCUT2D eigenvalue weighted by molar-refractivity contribution is 5.64. The first kappa shape index (κ1) is 14.3. The Morgan fingerprint density at radius 1 is 1.65 bits per heavy atom. The normalized spacial score (nSPS) is 25.6. The molecule has 1 aliphatic heterocycles. The number of H-pyrrole nitrogens is 1. The van der Waals surface area contributed by atoms with Crippen LogP contribution in [0.1, 0.15) is 18.2 Å². The molecule has 110 valence electrons. The molecule has 20 heavy (non-hydrogen) atoms. The molecule has 0 aromatic carbocycles. The fourth-order valence-corrected chi connectivity index (χ4v) is 2.00. The Labute approximate surface area is 112 Å². The van der Waals surface area contributed by atoms with E-state index in [9.17, 15) is 19.5 Å². The maximum absolute atomic E-state index is 11.7. The van der Waals surface area contributed by atoms with E-state index in [0.29, 0.717) is 5.56 Å². The third-order valence-corrected chi connectivity index (χ3v) is 3.05. The van der Waals surface area contributed by atoms with Crippen molar-refractivity contribution in [3.63, 3.8) is 0 Å². The van der Waals surface area contributed by atoms with Gasteiger partial charge in [0.25, 0.3) is 5.56 Å². The summed E-state index contributed by atoms with van der Waals surface area (Å²) in [4.78, 5) is 35.6. The summed E-state index contributed by atoms with van der Waals surface area (Å²) in [5, 5.41) is 9.80. The number of hydrogen-bond donors (Lipinski definition) is 3. The van der Waals surface area contributed by atoms with Crippen molar-refractivity contribution in [2.75, 3.05) is 6.61 Å². The maximum Gasteiger partial charge on any atom is 0.404 e. The van der Waals surface area contributed by atoms with Crippen LogP contribution in [0.4, 0.5) is 4.79 Å². The summed E-state index contributed by atoms with van der Waals surface area (Å²) < 4.78 is 11.2. The second-order valence-electron chi connectivity index (χ2n) is 4.54. The number of nitrogens with one attached hydrogen (secondary N) is 1. The van der Waals surface area contributed by atoms with E-state index >= 15 is 0 Å².